The first-order valence-electron chi connectivity index (χ1n) is 6.33. The van der Waals surface area contributed by atoms with Crippen LogP contribution in [0.15, 0.2) is 10.5 Å². The predicted octanol–water partition coefficient (Wildman–Crippen LogP) is 3.15. The Morgan fingerprint density at radius 1 is 1.28 bits per heavy atom. The molecule has 0 aliphatic heterocycles. The number of hydrogen-bond acceptors (Lipinski definition) is 2. The van der Waals surface area contributed by atoms with E-state index in [-0.39, 0.29) is 5.75 Å². The van der Waals surface area contributed by atoms with Crippen LogP contribution in [0.4, 0.5) is 0 Å². The molecule has 1 saturated carbocycles. The molecule has 96 valence electrons. The van der Waals surface area contributed by atoms with Crippen LogP contribution >= 0.6 is 15.9 Å². The smallest absolute Gasteiger partial charge is 0.314 e. The van der Waals surface area contributed by atoms with Gasteiger partial charge in [-0.15, -0.1) is 0 Å². The van der Waals surface area contributed by atoms with E-state index in [1.165, 1.54) is 5.56 Å². The van der Waals surface area contributed by atoms with Crippen molar-refractivity contribution in [3.05, 3.63) is 27.2 Å². The molecule has 0 amide bonds. The first-order valence-corrected chi connectivity index (χ1v) is 7.12. The molecule has 18 heavy (non-hydrogen) atoms. The molecule has 4 heteroatoms. The standard InChI is InChI=1S/C14H15BrO3/c15-11-9-4-2-1-3-8(9)7-10(12(11)16)14(5-6-14)13(17)18/h7,16H,1-6H2,(H,17,18). The van der Waals surface area contributed by atoms with E-state index in [0.29, 0.717) is 22.9 Å². The fourth-order valence-corrected chi connectivity index (χ4v) is 3.60. The molecule has 3 rings (SSSR count). The van der Waals surface area contributed by atoms with Crippen molar-refractivity contribution in [3.8, 4) is 5.75 Å². The van der Waals surface area contributed by atoms with E-state index in [2.05, 4.69) is 15.9 Å². The zero-order valence-corrected chi connectivity index (χ0v) is 11.6. The molecule has 2 N–H and O–H groups in total. The van der Waals surface area contributed by atoms with Crippen molar-refractivity contribution in [1.29, 1.82) is 0 Å². The molecule has 3 nitrogen and oxygen atoms in total. The third-order valence-electron chi connectivity index (χ3n) is 4.23. The van der Waals surface area contributed by atoms with Crippen molar-refractivity contribution < 1.29 is 15.0 Å². The van der Waals surface area contributed by atoms with Crippen LogP contribution in [0.25, 0.3) is 0 Å². The van der Waals surface area contributed by atoms with Crippen LogP contribution in [-0.2, 0) is 23.1 Å². The Hall–Kier alpha value is -1.03. The highest BCUT2D eigenvalue weighted by Gasteiger charge is 2.53. The number of aryl methyl sites for hydroxylation is 1. The highest BCUT2D eigenvalue weighted by Crippen LogP contribution is 2.54. The summed E-state index contributed by atoms with van der Waals surface area (Å²) in [7, 11) is 0. The molecule has 0 aromatic heterocycles. The number of aromatic hydroxyl groups is 1. The van der Waals surface area contributed by atoms with Crippen molar-refractivity contribution in [3.63, 3.8) is 0 Å². The molecular formula is C14H15BrO3. The summed E-state index contributed by atoms with van der Waals surface area (Å²) >= 11 is 3.44. The molecule has 1 aromatic carbocycles. The quantitative estimate of drug-likeness (QED) is 0.882. The van der Waals surface area contributed by atoms with Gasteiger partial charge < -0.3 is 10.2 Å². The number of carboxylic acid groups (broad SMARTS) is 1. The minimum atomic E-state index is -0.834. The summed E-state index contributed by atoms with van der Waals surface area (Å²) in [5.41, 5.74) is 2.12. The van der Waals surface area contributed by atoms with Crippen molar-refractivity contribution in [2.45, 2.75) is 43.9 Å². The van der Waals surface area contributed by atoms with Crippen molar-refractivity contribution in [2.24, 2.45) is 0 Å². The summed E-state index contributed by atoms with van der Waals surface area (Å²) in [6, 6.07) is 1.93. The number of benzene rings is 1. The van der Waals surface area contributed by atoms with Gasteiger partial charge in [-0.25, -0.2) is 0 Å². The summed E-state index contributed by atoms with van der Waals surface area (Å²) in [4.78, 5) is 11.4. The Balaban J connectivity index is 2.17. The minimum Gasteiger partial charge on any atom is -0.506 e. The monoisotopic (exact) mass is 310 g/mol. The molecule has 2 aliphatic carbocycles. The Morgan fingerprint density at radius 3 is 2.56 bits per heavy atom. The molecule has 1 fully saturated rings. The number of fused-ring (bicyclic) bond motifs is 1. The maximum Gasteiger partial charge on any atom is 0.314 e. The van der Waals surface area contributed by atoms with E-state index >= 15 is 0 Å². The third kappa shape index (κ3) is 1.58. The summed E-state index contributed by atoms with van der Waals surface area (Å²) in [5.74, 6) is -0.684. The van der Waals surface area contributed by atoms with Crippen LogP contribution in [0.3, 0.4) is 0 Å². The van der Waals surface area contributed by atoms with Gasteiger partial charge >= 0.3 is 5.97 Å². The van der Waals surface area contributed by atoms with Gasteiger partial charge in [-0.3, -0.25) is 4.79 Å². The van der Waals surface area contributed by atoms with E-state index < -0.39 is 11.4 Å². The lowest BCUT2D eigenvalue weighted by molar-refractivity contribution is -0.140. The fourth-order valence-electron chi connectivity index (χ4n) is 2.93. The van der Waals surface area contributed by atoms with E-state index in [1.807, 2.05) is 6.07 Å². The minimum absolute atomic E-state index is 0.135. The number of rotatable bonds is 2. The normalized spacial score (nSPS) is 20.3. The molecule has 0 unspecified atom stereocenters. The number of carboxylic acids is 1. The average molecular weight is 311 g/mol. The van der Waals surface area contributed by atoms with Crippen molar-refractivity contribution >= 4 is 21.9 Å². The van der Waals surface area contributed by atoms with Gasteiger partial charge in [0.1, 0.15) is 5.75 Å². The second-order valence-electron chi connectivity index (χ2n) is 5.32. The van der Waals surface area contributed by atoms with Gasteiger partial charge in [-0.05, 0) is 65.6 Å². The lowest BCUT2D eigenvalue weighted by Crippen LogP contribution is -2.21. The molecule has 0 atom stereocenters. The Bertz CT molecular complexity index is 532. The third-order valence-corrected chi connectivity index (χ3v) is 5.09. The van der Waals surface area contributed by atoms with Crippen molar-refractivity contribution in [2.75, 3.05) is 0 Å². The van der Waals surface area contributed by atoms with Gasteiger partial charge in [0.05, 0.1) is 9.89 Å². The molecule has 2 aliphatic rings. The van der Waals surface area contributed by atoms with Gasteiger partial charge in [0.25, 0.3) is 0 Å². The van der Waals surface area contributed by atoms with Crippen LogP contribution < -0.4 is 0 Å². The van der Waals surface area contributed by atoms with Crippen LogP contribution in [0.1, 0.15) is 42.4 Å². The largest absolute Gasteiger partial charge is 0.506 e. The molecule has 1 aromatic rings. The molecule has 0 heterocycles. The van der Waals surface area contributed by atoms with E-state index in [0.717, 1.165) is 31.2 Å². The first kappa shape index (κ1) is 12.0. The zero-order valence-electron chi connectivity index (χ0n) is 10.0. The SMILES string of the molecule is O=C(O)C1(c2cc3c(c(Br)c2O)CCCC3)CC1. The van der Waals surface area contributed by atoms with Gasteiger partial charge in [0, 0.05) is 5.56 Å². The second-order valence-corrected chi connectivity index (χ2v) is 6.11. The molecular weight excluding hydrogens is 296 g/mol. The summed E-state index contributed by atoms with van der Waals surface area (Å²) in [6.45, 7) is 0. The first-order chi connectivity index (χ1) is 8.56. The number of phenolic OH excluding ortho intramolecular Hbond substituents is 1. The van der Waals surface area contributed by atoms with Crippen LogP contribution in [0.2, 0.25) is 0 Å². The Morgan fingerprint density at radius 2 is 1.94 bits per heavy atom. The lowest BCUT2D eigenvalue weighted by Gasteiger charge is -2.22. The maximum absolute atomic E-state index is 11.4. The average Bonchev–Trinajstić information content (AvgIpc) is 3.15. The summed E-state index contributed by atoms with van der Waals surface area (Å²) in [6.07, 6.45) is 5.47. The van der Waals surface area contributed by atoms with Gasteiger partial charge in [-0.1, -0.05) is 6.07 Å². The number of carbonyl (C=O) groups is 1. The fraction of sp³-hybridized carbons (Fsp3) is 0.500. The molecule has 0 spiro atoms. The zero-order chi connectivity index (χ0) is 12.9. The number of hydrogen-bond donors (Lipinski definition) is 2. The predicted molar refractivity (Wildman–Crippen MR) is 71.0 cm³/mol. The highest BCUT2D eigenvalue weighted by molar-refractivity contribution is 9.10. The Labute approximate surface area is 114 Å². The van der Waals surface area contributed by atoms with E-state index in [9.17, 15) is 15.0 Å². The number of phenols is 1. The van der Waals surface area contributed by atoms with E-state index in [4.69, 9.17) is 0 Å². The van der Waals surface area contributed by atoms with Crippen molar-refractivity contribution in [1.82, 2.24) is 0 Å². The van der Waals surface area contributed by atoms with Crippen LogP contribution in [0.5, 0.6) is 5.75 Å². The molecule has 0 saturated heterocycles. The summed E-state index contributed by atoms with van der Waals surface area (Å²) < 4.78 is 0.710. The number of aliphatic carboxylic acids is 1. The molecule has 0 bridgehead atoms. The summed E-state index contributed by atoms with van der Waals surface area (Å²) in [5, 5.41) is 19.6. The lowest BCUT2D eigenvalue weighted by atomic mass is 9.85. The second kappa shape index (κ2) is 3.98. The topological polar surface area (TPSA) is 57.5 Å². The van der Waals surface area contributed by atoms with E-state index in [1.54, 1.807) is 0 Å². The van der Waals surface area contributed by atoms with Gasteiger partial charge in [-0.2, -0.15) is 0 Å². The van der Waals surface area contributed by atoms with Crippen LogP contribution in [0, 0.1) is 0 Å². The van der Waals surface area contributed by atoms with Gasteiger partial charge in [0.15, 0.2) is 0 Å². The highest BCUT2D eigenvalue weighted by atomic mass is 79.9. The number of halogens is 1. The maximum atomic E-state index is 11.4. The van der Waals surface area contributed by atoms with Crippen LogP contribution in [-0.4, -0.2) is 16.2 Å². The van der Waals surface area contributed by atoms with Gasteiger partial charge in [0.2, 0.25) is 0 Å². The molecule has 0 radical (unpaired) electrons. The Kier molecular flexibility index (Phi) is 2.66.